The van der Waals surface area contributed by atoms with Crippen LogP contribution < -0.4 is 4.84 Å². The molecule has 0 N–H and O–H groups in total. The molecule has 0 bridgehead atoms. The van der Waals surface area contributed by atoms with Crippen LogP contribution in [0.15, 0.2) is 53.1 Å². The van der Waals surface area contributed by atoms with Crippen LogP contribution in [0.4, 0.5) is 5.69 Å². The van der Waals surface area contributed by atoms with Crippen LogP contribution in [0.5, 0.6) is 5.75 Å². The number of hydrogen-bond donors (Lipinski definition) is 0. The average Bonchev–Trinajstić information content (AvgIpc) is 2.81. The summed E-state index contributed by atoms with van der Waals surface area (Å²) >= 11 is 15.1. The molecule has 1 heterocycles. The summed E-state index contributed by atoms with van der Waals surface area (Å²) in [5.74, 6) is 0.491. The molecule has 1 aromatic heterocycles. The smallest absolute Gasteiger partial charge is 0.308 e. The first kappa shape index (κ1) is 17.8. The van der Waals surface area contributed by atoms with E-state index in [1.54, 1.807) is 55.5 Å². The molecule has 0 aliphatic carbocycles. The van der Waals surface area contributed by atoms with Crippen molar-refractivity contribution < 1.29 is 9.76 Å². The van der Waals surface area contributed by atoms with Gasteiger partial charge in [0.25, 0.3) is 0 Å². The lowest BCUT2D eigenvalue weighted by Gasteiger charge is -2.12. The van der Waals surface area contributed by atoms with Crippen molar-refractivity contribution in [2.24, 2.45) is 0 Å². The third-order valence-electron chi connectivity index (χ3n) is 3.60. The predicted octanol–water partition coefficient (Wildman–Crippen LogP) is 6.28. The highest BCUT2D eigenvalue weighted by atomic mass is 79.9. The van der Waals surface area contributed by atoms with Gasteiger partial charge in [0, 0.05) is 15.6 Å². The Balaban J connectivity index is 2.18. The lowest BCUT2D eigenvalue weighted by molar-refractivity contribution is -0.386. The molecule has 0 saturated heterocycles. The van der Waals surface area contributed by atoms with Crippen LogP contribution in [0.25, 0.3) is 11.3 Å². The predicted molar refractivity (Wildman–Crippen MR) is 101 cm³/mol. The minimum atomic E-state index is -0.444. The van der Waals surface area contributed by atoms with Gasteiger partial charge in [-0.25, -0.2) is 0 Å². The molecular weight excluding hydrogens is 431 g/mol. The maximum absolute atomic E-state index is 11.5. The van der Waals surface area contributed by atoms with E-state index in [1.165, 1.54) is 4.73 Å². The molecule has 0 aliphatic rings. The third kappa shape index (κ3) is 3.51. The summed E-state index contributed by atoms with van der Waals surface area (Å²) in [5.41, 5.74) is 1.72. The van der Waals surface area contributed by atoms with E-state index in [0.29, 0.717) is 27.1 Å². The van der Waals surface area contributed by atoms with E-state index in [1.807, 2.05) is 0 Å². The Morgan fingerprint density at radius 2 is 1.56 bits per heavy atom. The number of nitrogens with zero attached hydrogens (tertiary/aromatic N) is 2. The molecule has 0 amide bonds. The Labute approximate surface area is 162 Å². The zero-order valence-electron chi connectivity index (χ0n) is 12.9. The molecule has 0 atom stereocenters. The molecule has 3 rings (SSSR count). The van der Waals surface area contributed by atoms with Gasteiger partial charge in [0.05, 0.1) is 16.2 Å². The van der Waals surface area contributed by atoms with E-state index >= 15 is 0 Å². The minimum absolute atomic E-state index is 0.0566. The zero-order valence-corrected chi connectivity index (χ0v) is 16.0. The fraction of sp³-hybridized carbons (Fsp3) is 0.0588. The van der Waals surface area contributed by atoms with E-state index in [2.05, 4.69) is 15.9 Å². The normalized spacial score (nSPS) is 10.7. The monoisotopic (exact) mass is 440 g/mol. The fourth-order valence-electron chi connectivity index (χ4n) is 2.45. The van der Waals surface area contributed by atoms with Gasteiger partial charge in [-0.2, -0.15) is 4.73 Å². The highest BCUT2D eigenvalue weighted by Gasteiger charge is 2.29. The molecule has 0 spiro atoms. The summed E-state index contributed by atoms with van der Waals surface area (Å²) < 4.78 is 1.61. The van der Waals surface area contributed by atoms with Gasteiger partial charge in [-0.15, -0.1) is 0 Å². The van der Waals surface area contributed by atoms with Gasteiger partial charge >= 0.3 is 5.69 Å². The van der Waals surface area contributed by atoms with Crippen LogP contribution in [-0.4, -0.2) is 9.65 Å². The molecule has 3 aromatic rings. The van der Waals surface area contributed by atoms with Crippen LogP contribution in [0.1, 0.15) is 5.56 Å². The topological polar surface area (TPSA) is 57.3 Å². The van der Waals surface area contributed by atoms with Crippen molar-refractivity contribution in [3.8, 4) is 17.0 Å². The number of benzene rings is 2. The van der Waals surface area contributed by atoms with Crippen LogP contribution in [0.3, 0.4) is 0 Å². The second-order valence-electron chi connectivity index (χ2n) is 5.22. The number of halogens is 3. The minimum Gasteiger partial charge on any atom is -0.374 e. The Hall–Kier alpha value is -2.02. The summed E-state index contributed by atoms with van der Waals surface area (Å²) in [4.78, 5) is 16.9. The Bertz CT molecular complexity index is 938. The molecule has 128 valence electrons. The summed E-state index contributed by atoms with van der Waals surface area (Å²) in [5, 5.41) is 12.6. The summed E-state index contributed by atoms with van der Waals surface area (Å²) in [6, 6.07) is 13.7. The van der Waals surface area contributed by atoms with Crippen LogP contribution in [-0.2, 0) is 0 Å². The summed E-state index contributed by atoms with van der Waals surface area (Å²) in [6.45, 7) is 1.68. The second-order valence-corrected chi connectivity index (χ2v) is 6.84. The molecule has 0 aliphatic heterocycles. The highest BCUT2D eigenvalue weighted by molar-refractivity contribution is 9.10. The third-order valence-corrected chi connectivity index (χ3v) is 4.80. The number of hydrogen-bond acceptors (Lipinski definition) is 3. The molecule has 0 unspecified atom stereocenters. The first-order chi connectivity index (χ1) is 11.9. The lowest BCUT2D eigenvalue weighted by atomic mass is 10.1. The fourth-order valence-corrected chi connectivity index (χ4v) is 3.40. The maximum Gasteiger partial charge on any atom is 0.308 e. The number of nitro groups is 1. The average molecular weight is 442 g/mol. The Morgan fingerprint density at radius 1 is 1.04 bits per heavy atom. The van der Waals surface area contributed by atoms with E-state index < -0.39 is 4.92 Å². The first-order valence-electron chi connectivity index (χ1n) is 7.13. The first-order valence-corrected chi connectivity index (χ1v) is 8.68. The SMILES string of the molecule is Cc1c([N+](=O)[O-])c(Br)n(Oc2ccc(Cl)cc2)c1-c1ccc(Cl)cc1. The van der Waals surface area contributed by atoms with Crippen molar-refractivity contribution in [1.82, 2.24) is 4.73 Å². The highest BCUT2D eigenvalue weighted by Crippen LogP contribution is 2.40. The molecule has 0 saturated carbocycles. The van der Waals surface area contributed by atoms with Gasteiger partial charge in [0.2, 0.25) is 4.60 Å². The van der Waals surface area contributed by atoms with Crippen molar-refractivity contribution in [3.05, 3.63) is 78.9 Å². The van der Waals surface area contributed by atoms with E-state index in [4.69, 9.17) is 28.0 Å². The number of rotatable bonds is 4. The van der Waals surface area contributed by atoms with Crippen molar-refractivity contribution in [1.29, 1.82) is 0 Å². The molecular formula is C17H11BrCl2N2O3. The standard InChI is InChI=1S/C17H11BrCl2N2O3/c1-10-15(11-2-4-12(19)5-3-11)21(17(18)16(10)22(23)24)25-14-8-6-13(20)7-9-14/h2-9H,1H3. The van der Waals surface area contributed by atoms with Gasteiger partial charge in [-0.3, -0.25) is 10.1 Å². The van der Waals surface area contributed by atoms with E-state index in [0.717, 1.165) is 5.56 Å². The largest absolute Gasteiger partial charge is 0.374 e. The van der Waals surface area contributed by atoms with Crippen LogP contribution in [0.2, 0.25) is 10.0 Å². The van der Waals surface area contributed by atoms with Crippen LogP contribution in [0, 0.1) is 17.0 Å². The van der Waals surface area contributed by atoms with Gasteiger partial charge in [-0.1, -0.05) is 35.3 Å². The molecule has 0 radical (unpaired) electrons. The van der Waals surface area contributed by atoms with E-state index in [9.17, 15) is 10.1 Å². The van der Waals surface area contributed by atoms with Gasteiger partial charge < -0.3 is 4.84 Å². The second kappa shape index (κ2) is 7.07. The van der Waals surface area contributed by atoms with Gasteiger partial charge in [0.15, 0.2) is 5.75 Å². The van der Waals surface area contributed by atoms with Crippen molar-refractivity contribution in [2.75, 3.05) is 0 Å². The lowest BCUT2D eigenvalue weighted by Crippen LogP contribution is -2.07. The molecule has 8 heteroatoms. The maximum atomic E-state index is 11.5. The van der Waals surface area contributed by atoms with Gasteiger partial charge in [0.1, 0.15) is 0 Å². The van der Waals surface area contributed by atoms with Crippen LogP contribution >= 0.6 is 39.1 Å². The molecule has 5 nitrogen and oxygen atoms in total. The van der Waals surface area contributed by atoms with Crippen molar-refractivity contribution in [3.63, 3.8) is 0 Å². The molecule has 25 heavy (non-hydrogen) atoms. The summed E-state index contributed by atoms with van der Waals surface area (Å²) in [7, 11) is 0. The number of aromatic nitrogens is 1. The van der Waals surface area contributed by atoms with Gasteiger partial charge in [-0.05, 0) is 59.3 Å². The van der Waals surface area contributed by atoms with Crippen molar-refractivity contribution >= 4 is 44.8 Å². The quantitative estimate of drug-likeness (QED) is 0.353. The van der Waals surface area contributed by atoms with Crippen molar-refractivity contribution in [2.45, 2.75) is 6.92 Å². The summed E-state index contributed by atoms with van der Waals surface area (Å²) in [6.07, 6.45) is 0. The Morgan fingerprint density at radius 3 is 2.08 bits per heavy atom. The zero-order chi connectivity index (χ0) is 18.1. The molecule has 0 fully saturated rings. The van der Waals surface area contributed by atoms with E-state index in [-0.39, 0.29) is 10.3 Å². The molecule has 2 aromatic carbocycles. The Kier molecular flexibility index (Phi) is 5.03.